The Morgan fingerprint density at radius 3 is 2.88 bits per heavy atom. The lowest BCUT2D eigenvalue weighted by atomic mass is 10.1. The normalized spacial score (nSPS) is 10.7. The predicted octanol–water partition coefficient (Wildman–Crippen LogP) is 3.11. The molecule has 11 nitrogen and oxygen atoms in total. The molecule has 2 heterocycles. The van der Waals surface area contributed by atoms with Crippen LogP contribution in [0.5, 0.6) is 5.88 Å². The summed E-state index contributed by atoms with van der Waals surface area (Å²) in [5.41, 5.74) is 3.92. The molecule has 2 aromatic heterocycles. The van der Waals surface area contributed by atoms with E-state index in [0.29, 0.717) is 22.6 Å². The van der Waals surface area contributed by atoms with Gasteiger partial charge in [-0.2, -0.15) is 10.4 Å². The van der Waals surface area contributed by atoms with Crippen molar-refractivity contribution < 1.29 is 23.6 Å². The summed E-state index contributed by atoms with van der Waals surface area (Å²) in [6, 6.07) is 13.0. The van der Waals surface area contributed by atoms with Gasteiger partial charge in [0.2, 0.25) is 5.88 Å². The first-order valence-electron chi connectivity index (χ1n) is 9.60. The SMILES string of the molecule is COCc1cc(C)nc(OCC(=O)NN=Cc2ccc(-c3ccccc3[N+](=O)[O-])o2)c1C#N. The smallest absolute Gasteiger partial charge is 0.280 e. The lowest BCUT2D eigenvalue weighted by molar-refractivity contribution is -0.384. The maximum absolute atomic E-state index is 12.1. The molecule has 3 rings (SSSR count). The van der Waals surface area contributed by atoms with E-state index in [1.165, 1.54) is 19.4 Å². The third kappa shape index (κ3) is 5.78. The molecule has 168 valence electrons. The van der Waals surface area contributed by atoms with Crippen molar-refractivity contribution in [2.45, 2.75) is 13.5 Å². The number of amides is 1. The number of hydrogen-bond acceptors (Lipinski definition) is 9. The summed E-state index contributed by atoms with van der Waals surface area (Å²) in [6.45, 7) is 1.52. The lowest BCUT2D eigenvalue weighted by Gasteiger charge is -2.10. The van der Waals surface area contributed by atoms with Crippen molar-refractivity contribution in [2.75, 3.05) is 13.7 Å². The van der Waals surface area contributed by atoms with Crippen LogP contribution in [0.15, 0.2) is 52.0 Å². The second kappa shape index (κ2) is 10.7. The molecule has 1 aromatic carbocycles. The van der Waals surface area contributed by atoms with Crippen molar-refractivity contribution in [3.8, 4) is 23.3 Å². The maximum Gasteiger partial charge on any atom is 0.280 e. The number of hydrazone groups is 1. The van der Waals surface area contributed by atoms with Crippen molar-refractivity contribution in [1.29, 1.82) is 5.26 Å². The standard InChI is InChI=1S/C22H19N5O6/c1-14-9-15(12-31-2)18(10-23)22(25-14)32-13-21(28)26-24-11-16-7-8-20(33-16)17-5-3-4-6-19(17)27(29)30/h3-9,11H,12-13H2,1-2H3,(H,26,28). The van der Waals surface area contributed by atoms with Gasteiger partial charge in [-0.15, -0.1) is 0 Å². The summed E-state index contributed by atoms with van der Waals surface area (Å²) in [7, 11) is 1.51. The zero-order valence-corrected chi connectivity index (χ0v) is 17.8. The Labute approximate surface area is 188 Å². The van der Waals surface area contributed by atoms with Crippen molar-refractivity contribution >= 4 is 17.8 Å². The van der Waals surface area contributed by atoms with Gasteiger partial charge in [-0.05, 0) is 31.2 Å². The van der Waals surface area contributed by atoms with E-state index in [-0.39, 0.29) is 29.5 Å². The Bertz CT molecular complexity index is 1240. The van der Waals surface area contributed by atoms with E-state index in [1.807, 2.05) is 6.07 Å². The highest BCUT2D eigenvalue weighted by Crippen LogP contribution is 2.30. The topological polar surface area (TPSA) is 153 Å². The van der Waals surface area contributed by atoms with Crippen LogP contribution in [-0.2, 0) is 16.1 Å². The van der Waals surface area contributed by atoms with E-state index in [1.54, 1.807) is 43.3 Å². The highest BCUT2D eigenvalue weighted by Gasteiger charge is 2.17. The largest absolute Gasteiger partial charge is 0.467 e. The number of methoxy groups -OCH3 is 1. The number of nitro groups is 1. The first kappa shape index (κ1) is 23.1. The number of carbonyl (C=O) groups excluding carboxylic acids is 1. The molecule has 1 amide bonds. The third-order valence-corrected chi connectivity index (χ3v) is 4.32. The van der Waals surface area contributed by atoms with Gasteiger partial charge in [0.1, 0.15) is 23.2 Å². The third-order valence-electron chi connectivity index (χ3n) is 4.32. The maximum atomic E-state index is 12.1. The molecule has 3 aromatic rings. The van der Waals surface area contributed by atoms with Gasteiger partial charge in [0.25, 0.3) is 11.6 Å². The Kier molecular flexibility index (Phi) is 7.46. The van der Waals surface area contributed by atoms with Crippen LogP contribution in [0.1, 0.15) is 22.6 Å². The number of hydrogen-bond donors (Lipinski definition) is 1. The van der Waals surface area contributed by atoms with Gasteiger partial charge in [0, 0.05) is 24.4 Å². The minimum absolute atomic E-state index is 0.0313. The quantitative estimate of drug-likeness (QED) is 0.297. The number of benzene rings is 1. The molecule has 11 heteroatoms. The molecule has 0 spiro atoms. The van der Waals surface area contributed by atoms with Gasteiger partial charge < -0.3 is 13.9 Å². The van der Waals surface area contributed by atoms with Crippen molar-refractivity contribution in [2.24, 2.45) is 5.10 Å². The molecular weight excluding hydrogens is 430 g/mol. The van der Waals surface area contributed by atoms with E-state index < -0.39 is 17.4 Å². The van der Waals surface area contributed by atoms with E-state index >= 15 is 0 Å². The fourth-order valence-electron chi connectivity index (χ4n) is 2.95. The van der Waals surface area contributed by atoms with Gasteiger partial charge in [-0.1, -0.05) is 12.1 Å². The number of aryl methyl sites for hydroxylation is 1. The number of nitrogens with one attached hydrogen (secondary N) is 1. The number of pyridine rings is 1. The van der Waals surface area contributed by atoms with Crippen molar-refractivity contribution in [3.05, 3.63) is 75.2 Å². The number of rotatable bonds is 9. The highest BCUT2D eigenvalue weighted by atomic mass is 16.6. The van der Waals surface area contributed by atoms with Crippen LogP contribution >= 0.6 is 0 Å². The number of nitriles is 1. The molecule has 0 unspecified atom stereocenters. The molecule has 0 aliphatic carbocycles. The van der Waals surface area contributed by atoms with E-state index in [9.17, 15) is 20.2 Å². The zero-order chi connectivity index (χ0) is 23.8. The van der Waals surface area contributed by atoms with Crippen LogP contribution in [-0.4, -0.2) is 35.7 Å². The number of nitro benzene ring substituents is 1. The minimum atomic E-state index is -0.586. The number of carbonyl (C=O) groups is 1. The summed E-state index contributed by atoms with van der Waals surface area (Å²) < 4.78 is 16.0. The Morgan fingerprint density at radius 2 is 2.15 bits per heavy atom. The summed E-state index contributed by atoms with van der Waals surface area (Å²) in [4.78, 5) is 26.9. The first-order chi connectivity index (χ1) is 15.9. The molecule has 0 fully saturated rings. The summed E-state index contributed by atoms with van der Waals surface area (Å²) in [5.74, 6) is 0.0153. The predicted molar refractivity (Wildman–Crippen MR) is 116 cm³/mol. The minimum Gasteiger partial charge on any atom is -0.467 e. The van der Waals surface area contributed by atoms with E-state index in [4.69, 9.17) is 13.9 Å². The Balaban J connectivity index is 1.61. The Morgan fingerprint density at radius 1 is 1.36 bits per heavy atom. The molecule has 0 radical (unpaired) electrons. The molecule has 0 saturated carbocycles. The lowest BCUT2D eigenvalue weighted by Crippen LogP contribution is -2.25. The van der Waals surface area contributed by atoms with Crippen LogP contribution in [0.3, 0.4) is 0 Å². The van der Waals surface area contributed by atoms with E-state index in [0.717, 1.165) is 0 Å². The van der Waals surface area contributed by atoms with Crippen molar-refractivity contribution in [3.63, 3.8) is 0 Å². The van der Waals surface area contributed by atoms with Crippen LogP contribution in [0.25, 0.3) is 11.3 Å². The highest BCUT2D eigenvalue weighted by molar-refractivity contribution is 5.82. The fourth-order valence-corrected chi connectivity index (χ4v) is 2.95. The molecule has 0 atom stereocenters. The summed E-state index contributed by atoms with van der Waals surface area (Å²) >= 11 is 0. The zero-order valence-electron chi connectivity index (χ0n) is 17.8. The van der Waals surface area contributed by atoms with Crippen LogP contribution in [0, 0.1) is 28.4 Å². The number of para-hydroxylation sites is 1. The first-order valence-corrected chi connectivity index (χ1v) is 9.60. The summed E-state index contributed by atoms with van der Waals surface area (Å²) in [6.07, 6.45) is 1.25. The number of nitrogens with zero attached hydrogens (tertiary/aromatic N) is 4. The number of aromatic nitrogens is 1. The van der Waals surface area contributed by atoms with Gasteiger partial charge in [0.05, 0.1) is 23.3 Å². The van der Waals surface area contributed by atoms with Gasteiger partial charge in [-0.25, -0.2) is 10.4 Å². The second-order valence-corrected chi connectivity index (χ2v) is 6.71. The van der Waals surface area contributed by atoms with Gasteiger partial charge in [-0.3, -0.25) is 14.9 Å². The van der Waals surface area contributed by atoms with Crippen LogP contribution in [0.4, 0.5) is 5.69 Å². The number of furan rings is 1. The number of ether oxygens (including phenoxy) is 2. The molecule has 0 aliphatic rings. The second-order valence-electron chi connectivity index (χ2n) is 6.71. The van der Waals surface area contributed by atoms with Crippen LogP contribution in [0.2, 0.25) is 0 Å². The van der Waals surface area contributed by atoms with Crippen molar-refractivity contribution in [1.82, 2.24) is 10.4 Å². The van der Waals surface area contributed by atoms with Gasteiger partial charge >= 0.3 is 0 Å². The Hall–Kier alpha value is -4.56. The van der Waals surface area contributed by atoms with Crippen LogP contribution < -0.4 is 10.2 Å². The monoisotopic (exact) mass is 449 g/mol. The average Bonchev–Trinajstić information content (AvgIpc) is 3.26. The fraction of sp³-hybridized carbons (Fsp3) is 0.182. The summed E-state index contributed by atoms with van der Waals surface area (Å²) in [5, 5.41) is 24.3. The molecule has 0 bridgehead atoms. The van der Waals surface area contributed by atoms with E-state index in [2.05, 4.69) is 15.5 Å². The molecular formula is C22H19N5O6. The van der Waals surface area contributed by atoms with Gasteiger partial charge in [0.15, 0.2) is 6.61 Å². The molecule has 0 saturated heterocycles. The molecule has 1 N–H and O–H groups in total. The average molecular weight is 449 g/mol. The molecule has 33 heavy (non-hydrogen) atoms. The molecule has 0 aliphatic heterocycles.